The second-order valence-corrected chi connectivity index (χ2v) is 6.89. The van der Waals surface area contributed by atoms with E-state index >= 15 is 0 Å². The van der Waals surface area contributed by atoms with Gasteiger partial charge in [0.2, 0.25) is 0 Å². The quantitative estimate of drug-likeness (QED) is 0.713. The average molecular weight is 239 g/mol. The molecule has 1 aliphatic rings. The summed E-state index contributed by atoms with van der Waals surface area (Å²) >= 11 is 0. The van der Waals surface area contributed by atoms with Gasteiger partial charge in [0.1, 0.15) is 0 Å². The van der Waals surface area contributed by atoms with Crippen molar-refractivity contribution in [2.45, 2.75) is 85.2 Å². The highest BCUT2D eigenvalue weighted by atomic mass is 15.0. The molecule has 0 bridgehead atoms. The van der Waals surface area contributed by atoms with Crippen molar-refractivity contribution in [2.24, 2.45) is 17.8 Å². The fourth-order valence-electron chi connectivity index (χ4n) is 3.05. The summed E-state index contributed by atoms with van der Waals surface area (Å²) < 4.78 is 0. The van der Waals surface area contributed by atoms with Gasteiger partial charge in [0.25, 0.3) is 0 Å². The Morgan fingerprint density at radius 2 is 1.76 bits per heavy atom. The van der Waals surface area contributed by atoms with E-state index < -0.39 is 0 Å². The summed E-state index contributed by atoms with van der Waals surface area (Å²) in [6.07, 6.45) is 8.33. The Hall–Kier alpha value is -0.0400. The van der Waals surface area contributed by atoms with Gasteiger partial charge >= 0.3 is 0 Å². The zero-order valence-corrected chi connectivity index (χ0v) is 12.6. The van der Waals surface area contributed by atoms with Crippen LogP contribution in [0.15, 0.2) is 0 Å². The molecule has 0 aliphatic heterocycles. The fraction of sp³-hybridized carbons (Fsp3) is 1.00. The molecule has 0 aromatic rings. The topological polar surface area (TPSA) is 12.0 Å². The predicted molar refractivity (Wildman–Crippen MR) is 77.3 cm³/mol. The molecule has 0 amide bonds. The van der Waals surface area contributed by atoms with E-state index in [-0.39, 0.29) is 0 Å². The van der Waals surface area contributed by atoms with E-state index in [2.05, 4.69) is 39.9 Å². The number of hydrogen-bond acceptors (Lipinski definition) is 1. The zero-order chi connectivity index (χ0) is 12.8. The van der Waals surface area contributed by atoms with Crippen LogP contribution in [0.4, 0.5) is 0 Å². The van der Waals surface area contributed by atoms with Crippen LogP contribution in [0.25, 0.3) is 0 Å². The summed E-state index contributed by atoms with van der Waals surface area (Å²) in [4.78, 5) is 0. The van der Waals surface area contributed by atoms with Crippen molar-refractivity contribution < 1.29 is 0 Å². The van der Waals surface area contributed by atoms with Crippen molar-refractivity contribution in [1.82, 2.24) is 5.32 Å². The molecule has 0 saturated heterocycles. The molecule has 1 aliphatic carbocycles. The molecule has 1 N–H and O–H groups in total. The van der Waals surface area contributed by atoms with Gasteiger partial charge in [0.15, 0.2) is 0 Å². The maximum atomic E-state index is 3.87. The molecular formula is C16H33N. The van der Waals surface area contributed by atoms with Crippen LogP contribution in [0.1, 0.15) is 73.1 Å². The van der Waals surface area contributed by atoms with Crippen LogP contribution < -0.4 is 5.32 Å². The van der Waals surface area contributed by atoms with Crippen LogP contribution >= 0.6 is 0 Å². The smallest absolute Gasteiger partial charge is 0.00977 e. The highest BCUT2D eigenvalue weighted by Gasteiger charge is 2.25. The highest BCUT2D eigenvalue weighted by molar-refractivity contribution is 4.83. The summed E-state index contributed by atoms with van der Waals surface area (Å²) in [7, 11) is 0. The lowest BCUT2D eigenvalue weighted by Crippen LogP contribution is -2.43. The normalized spacial score (nSPS) is 31.8. The number of nitrogens with one attached hydrogen (secondary N) is 1. The molecular weight excluding hydrogens is 206 g/mol. The van der Waals surface area contributed by atoms with E-state index in [1.165, 1.54) is 38.5 Å². The van der Waals surface area contributed by atoms with Crippen LogP contribution in [0.5, 0.6) is 0 Å². The van der Waals surface area contributed by atoms with Gasteiger partial charge in [-0.05, 0) is 43.9 Å². The minimum Gasteiger partial charge on any atom is -0.311 e. The van der Waals surface area contributed by atoms with Crippen molar-refractivity contribution >= 4 is 0 Å². The molecule has 0 heterocycles. The van der Waals surface area contributed by atoms with Crippen LogP contribution in [0.2, 0.25) is 0 Å². The van der Waals surface area contributed by atoms with Crippen molar-refractivity contribution in [3.05, 3.63) is 0 Å². The lowest BCUT2D eigenvalue weighted by Gasteiger charge is -2.35. The third-order valence-corrected chi connectivity index (χ3v) is 4.38. The zero-order valence-electron chi connectivity index (χ0n) is 12.6. The second kappa shape index (κ2) is 7.41. The van der Waals surface area contributed by atoms with Crippen molar-refractivity contribution in [1.29, 1.82) is 0 Å². The Labute approximate surface area is 109 Å². The monoisotopic (exact) mass is 239 g/mol. The van der Waals surface area contributed by atoms with Gasteiger partial charge in [-0.1, -0.05) is 47.0 Å². The summed E-state index contributed by atoms with van der Waals surface area (Å²) in [5.74, 6) is 2.65. The highest BCUT2D eigenvalue weighted by Crippen LogP contribution is 2.28. The van der Waals surface area contributed by atoms with Crippen LogP contribution in [-0.2, 0) is 0 Å². The molecule has 4 atom stereocenters. The van der Waals surface area contributed by atoms with E-state index in [0.29, 0.717) is 6.04 Å². The Morgan fingerprint density at radius 1 is 1.06 bits per heavy atom. The molecule has 0 aromatic carbocycles. The minimum atomic E-state index is 0.700. The first-order valence-corrected chi connectivity index (χ1v) is 7.75. The molecule has 1 heteroatoms. The number of rotatable bonds is 6. The van der Waals surface area contributed by atoms with Gasteiger partial charge < -0.3 is 5.32 Å². The van der Waals surface area contributed by atoms with Gasteiger partial charge in [-0.2, -0.15) is 0 Å². The molecule has 0 spiro atoms. The molecule has 1 nitrogen and oxygen atoms in total. The van der Waals surface area contributed by atoms with Crippen LogP contribution in [0, 0.1) is 17.8 Å². The van der Waals surface area contributed by atoms with Gasteiger partial charge in [0.05, 0.1) is 0 Å². The first-order valence-electron chi connectivity index (χ1n) is 7.75. The lowest BCUT2D eigenvalue weighted by molar-refractivity contribution is 0.212. The van der Waals surface area contributed by atoms with Crippen molar-refractivity contribution in [3.63, 3.8) is 0 Å². The Kier molecular flexibility index (Phi) is 6.54. The van der Waals surface area contributed by atoms with E-state index in [1.807, 2.05) is 0 Å². The van der Waals surface area contributed by atoms with E-state index in [4.69, 9.17) is 0 Å². The average Bonchev–Trinajstić information content (AvgIpc) is 2.23. The largest absolute Gasteiger partial charge is 0.311 e. The van der Waals surface area contributed by atoms with Gasteiger partial charge in [0, 0.05) is 12.1 Å². The summed E-state index contributed by atoms with van der Waals surface area (Å²) in [5.41, 5.74) is 0. The molecule has 1 saturated carbocycles. The van der Waals surface area contributed by atoms with E-state index in [0.717, 1.165) is 23.8 Å². The maximum absolute atomic E-state index is 3.87. The Morgan fingerprint density at radius 3 is 2.41 bits per heavy atom. The Balaban J connectivity index is 2.22. The second-order valence-electron chi connectivity index (χ2n) is 6.89. The molecule has 0 aromatic heterocycles. The minimum absolute atomic E-state index is 0.700. The number of hydrogen-bond donors (Lipinski definition) is 1. The summed E-state index contributed by atoms with van der Waals surface area (Å²) in [6, 6.07) is 1.47. The molecule has 4 unspecified atom stereocenters. The first-order chi connectivity index (χ1) is 7.99. The first kappa shape index (κ1) is 15.0. The van der Waals surface area contributed by atoms with E-state index in [1.54, 1.807) is 0 Å². The van der Waals surface area contributed by atoms with Crippen LogP contribution in [0.3, 0.4) is 0 Å². The van der Waals surface area contributed by atoms with Gasteiger partial charge in [-0.3, -0.25) is 0 Å². The summed E-state index contributed by atoms with van der Waals surface area (Å²) in [6.45, 7) is 11.8. The van der Waals surface area contributed by atoms with Crippen molar-refractivity contribution in [3.8, 4) is 0 Å². The van der Waals surface area contributed by atoms with Crippen molar-refractivity contribution in [2.75, 3.05) is 0 Å². The van der Waals surface area contributed by atoms with Crippen LogP contribution in [-0.4, -0.2) is 12.1 Å². The van der Waals surface area contributed by atoms with Gasteiger partial charge in [-0.25, -0.2) is 0 Å². The van der Waals surface area contributed by atoms with E-state index in [9.17, 15) is 0 Å². The molecule has 0 radical (unpaired) electrons. The molecule has 1 fully saturated rings. The fourth-order valence-corrected chi connectivity index (χ4v) is 3.05. The summed E-state index contributed by atoms with van der Waals surface area (Å²) in [5, 5.41) is 3.87. The maximum Gasteiger partial charge on any atom is 0.00977 e. The SMILES string of the molecule is CC(C)CCCC(C)NC1CC(C)CCC1C. The third-order valence-electron chi connectivity index (χ3n) is 4.38. The third kappa shape index (κ3) is 5.90. The van der Waals surface area contributed by atoms with Gasteiger partial charge in [-0.15, -0.1) is 0 Å². The Bertz CT molecular complexity index is 200. The predicted octanol–water partition coefficient (Wildman–Crippen LogP) is 4.62. The molecule has 102 valence electrons. The molecule has 17 heavy (non-hydrogen) atoms. The lowest BCUT2D eigenvalue weighted by atomic mass is 9.79. The molecule has 1 rings (SSSR count). The standard InChI is InChI=1S/C16H33N/c1-12(2)7-6-8-15(5)17-16-11-13(3)9-10-14(16)4/h12-17H,6-11H2,1-5H3.